The standard InChI is InChI=1S/C19H23NO2/c1-20-12-15(9-14-7-5-4-6-8-14)17-11-19(22-3)18(21-2)10-16(17)13-20/h4-8,10-11,15H,9,12-13H2,1-3H3/t15-/m1/s1. The van der Waals surface area contributed by atoms with Gasteiger partial charge in [-0.1, -0.05) is 30.3 Å². The van der Waals surface area contributed by atoms with Gasteiger partial charge >= 0.3 is 0 Å². The molecule has 1 aliphatic heterocycles. The van der Waals surface area contributed by atoms with Crippen LogP contribution in [0.2, 0.25) is 0 Å². The van der Waals surface area contributed by atoms with Crippen molar-refractivity contribution < 1.29 is 9.47 Å². The molecular formula is C19H23NO2. The summed E-state index contributed by atoms with van der Waals surface area (Å²) in [5, 5.41) is 0. The highest BCUT2D eigenvalue weighted by Crippen LogP contribution is 2.38. The molecule has 0 unspecified atom stereocenters. The Morgan fingerprint density at radius 1 is 1.05 bits per heavy atom. The van der Waals surface area contributed by atoms with E-state index in [-0.39, 0.29) is 0 Å². The minimum absolute atomic E-state index is 0.482. The van der Waals surface area contributed by atoms with Crippen LogP contribution >= 0.6 is 0 Å². The minimum atomic E-state index is 0.482. The summed E-state index contributed by atoms with van der Waals surface area (Å²) in [7, 11) is 5.57. The molecule has 3 rings (SSSR count). The lowest BCUT2D eigenvalue weighted by molar-refractivity contribution is 0.276. The van der Waals surface area contributed by atoms with Gasteiger partial charge in [0.2, 0.25) is 0 Å². The average molecular weight is 297 g/mol. The van der Waals surface area contributed by atoms with E-state index in [1.165, 1.54) is 16.7 Å². The van der Waals surface area contributed by atoms with Gasteiger partial charge in [-0.25, -0.2) is 0 Å². The molecule has 0 spiro atoms. The Morgan fingerprint density at radius 2 is 1.73 bits per heavy atom. The van der Waals surface area contributed by atoms with Crippen LogP contribution in [-0.4, -0.2) is 32.7 Å². The Labute approximate surface area is 132 Å². The molecule has 3 nitrogen and oxygen atoms in total. The molecule has 1 heterocycles. The van der Waals surface area contributed by atoms with Gasteiger partial charge in [-0.15, -0.1) is 0 Å². The minimum Gasteiger partial charge on any atom is -0.493 e. The third kappa shape index (κ3) is 2.95. The van der Waals surface area contributed by atoms with Crippen molar-refractivity contribution in [2.24, 2.45) is 0 Å². The summed E-state index contributed by atoms with van der Waals surface area (Å²) in [5.74, 6) is 2.12. The molecule has 2 aromatic rings. The molecule has 0 saturated carbocycles. The second-order valence-corrected chi connectivity index (χ2v) is 5.99. The molecule has 0 bridgehead atoms. The second kappa shape index (κ2) is 6.41. The third-order valence-corrected chi connectivity index (χ3v) is 4.38. The van der Waals surface area contributed by atoms with Crippen molar-refractivity contribution in [3.8, 4) is 11.5 Å². The van der Waals surface area contributed by atoms with E-state index in [9.17, 15) is 0 Å². The summed E-state index contributed by atoms with van der Waals surface area (Å²) in [4.78, 5) is 2.38. The van der Waals surface area contributed by atoms with Crippen LogP contribution in [0.5, 0.6) is 11.5 Å². The zero-order chi connectivity index (χ0) is 15.5. The van der Waals surface area contributed by atoms with Crippen molar-refractivity contribution in [2.75, 3.05) is 27.8 Å². The van der Waals surface area contributed by atoms with Gasteiger partial charge in [0.05, 0.1) is 14.2 Å². The van der Waals surface area contributed by atoms with Crippen LogP contribution in [0.1, 0.15) is 22.6 Å². The maximum Gasteiger partial charge on any atom is 0.161 e. The summed E-state index contributed by atoms with van der Waals surface area (Å²) >= 11 is 0. The summed E-state index contributed by atoms with van der Waals surface area (Å²) in [6.45, 7) is 2.03. The number of fused-ring (bicyclic) bond motifs is 1. The number of hydrogen-bond donors (Lipinski definition) is 0. The average Bonchev–Trinajstić information content (AvgIpc) is 2.54. The first-order valence-electron chi connectivity index (χ1n) is 7.68. The van der Waals surface area contributed by atoms with Crippen LogP contribution < -0.4 is 9.47 Å². The summed E-state index contributed by atoms with van der Waals surface area (Å²) in [6.07, 6.45) is 1.05. The highest BCUT2D eigenvalue weighted by Gasteiger charge is 2.25. The number of likely N-dealkylation sites (N-methyl/N-ethyl adjacent to an activating group) is 1. The molecule has 0 fully saturated rings. The van der Waals surface area contributed by atoms with Gasteiger partial charge < -0.3 is 14.4 Å². The Kier molecular flexibility index (Phi) is 4.34. The molecular weight excluding hydrogens is 274 g/mol. The van der Waals surface area contributed by atoms with Crippen LogP contribution in [0.3, 0.4) is 0 Å². The largest absolute Gasteiger partial charge is 0.493 e. The molecule has 3 heteroatoms. The first-order chi connectivity index (χ1) is 10.7. The topological polar surface area (TPSA) is 21.7 Å². The first-order valence-corrected chi connectivity index (χ1v) is 7.68. The second-order valence-electron chi connectivity index (χ2n) is 5.99. The van der Waals surface area contributed by atoms with Crippen LogP contribution in [0.4, 0.5) is 0 Å². The van der Waals surface area contributed by atoms with E-state index >= 15 is 0 Å². The van der Waals surface area contributed by atoms with E-state index in [0.717, 1.165) is 31.0 Å². The van der Waals surface area contributed by atoms with Crippen LogP contribution in [0, 0.1) is 0 Å². The fourth-order valence-electron chi connectivity index (χ4n) is 3.36. The Hall–Kier alpha value is -2.00. The predicted octanol–water partition coefficient (Wildman–Crippen LogP) is 3.48. The number of hydrogen-bond acceptors (Lipinski definition) is 3. The lowest BCUT2D eigenvalue weighted by Gasteiger charge is -2.33. The van der Waals surface area contributed by atoms with E-state index < -0.39 is 0 Å². The monoisotopic (exact) mass is 297 g/mol. The molecule has 0 radical (unpaired) electrons. The van der Waals surface area contributed by atoms with Crippen molar-refractivity contribution in [1.82, 2.24) is 4.90 Å². The van der Waals surface area contributed by atoms with E-state index in [2.05, 4.69) is 54.4 Å². The SMILES string of the molecule is COc1cc2c(cc1OC)[C@H](Cc1ccccc1)CN(C)C2. The molecule has 0 aromatic heterocycles. The molecule has 0 saturated heterocycles. The summed E-state index contributed by atoms with van der Waals surface area (Å²) in [6, 6.07) is 15.0. The number of ether oxygens (including phenoxy) is 2. The van der Waals surface area contributed by atoms with Gasteiger partial charge in [0.25, 0.3) is 0 Å². The van der Waals surface area contributed by atoms with Crippen molar-refractivity contribution in [3.05, 3.63) is 59.2 Å². The van der Waals surface area contributed by atoms with Crippen molar-refractivity contribution >= 4 is 0 Å². The van der Waals surface area contributed by atoms with E-state index in [0.29, 0.717) is 5.92 Å². The zero-order valence-corrected chi connectivity index (χ0v) is 13.5. The van der Waals surface area contributed by atoms with Crippen molar-refractivity contribution in [2.45, 2.75) is 18.9 Å². The molecule has 2 aromatic carbocycles. The Morgan fingerprint density at radius 3 is 2.41 bits per heavy atom. The summed E-state index contributed by atoms with van der Waals surface area (Å²) < 4.78 is 10.9. The normalized spacial score (nSPS) is 17.9. The lowest BCUT2D eigenvalue weighted by atomic mass is 9.85. The van der Waals surface area contributed by atoms with Crippen molar-refractivity contribution in [1.29, 1.82) is 0 Å². The van der Waals surface area contributed by atoms with Crippen LogP contribution in [0.15, 0.2) is 42.5 Å². The number of nitrogens with zero attached hydrogens (tertiary/aromatic N) is 1. The lowest BCUT2D eigenvalue weighted by Crippen LogP contribution is -2.31. The van der Waals surface area contributed by atoms with Gasteiger partial charge in [-0.05, 0) is 42.3 Å². The van der Waals surface area contributed by atoms with Gasteiger partial charge in [0.15, 0.2) is 11.5 Å². The molecule has 0 aliphatic carbocycles. The number of rotatable bonds is 4. The van der Waals surface area contributed by atoms with Gasteiger partial charge in [-0.2, -0.15) is 0 Å². The van der Waals surface area contributed by atoms with E-state index in [1.54, 1.807) is 14.2 Å². The Bertz CT molecular complexity index is 639. The zero-order valence-electron chi connectivity index (χ0n) is 13.5. The van der Waals surface area contributed by atoms with Crippen molar-refractivity contribution in [3.63, 3.8) is 0 Å². The molecule has 116 valence electrons. The maximum absolute atomic E-state index is 5.49. The number of methoxy groups -OCH3 is 2. The first kappa shape index (κ1) is 14.9. The smallest absolute Gasteiger partial charge is 0.161 e. The molecule has 1 atom stereocenters. The van der Waals surface area contributed by atoms with Crippen LogP contribution in [-0.2, 0) is 13.0 Å². The van der Waals surface area contributed by atoms with E-state index in [1.807, 2.05) is 0 Å². The Balaban J connectivity index is 1.97. The summed E-state index contributed by atoms with van der Waals surface area (Å²) in [5.41, 5.74) is 4.11. The quantitative estimate of drug-likeness (QED) is 0.862. The molecule has 0 N–H and O–H groups in total. The molecule has 22 heavy (non-hydrogen) atoms. The molecule has 1 aliphatic rings. The number of benzene rings is 2. The third-order valence-electron chi connectivity index (χ3n) is 4.38. The molecule has 0 amide bonds. The fourth-order valence-corrected chi connectivity index (χ4v) is 3.36. The van der Waals surface area contributed by atoms with Gasteiger partial charge in [0.1, 0.15) is 0 Å². The highest BCUT2D eigenvalue weighted by atomic mass is 16.5. The van der Waals surface area contributed by atoms with E-state index in [4.69, 9.17) is 9.47 Å². The van der Waals surface area contributed by atoms with Gasteiger partial charge in [-0.3, -0.25) is 0 Å². The maximum atomic E-state index is 5.49. The van der Waals surface area contributed by atoms with Crippen LogP contribution in [0.25, 0.3) is 0 Å². The highest BCUT2D eigenvalue weighted by molar-refractivity contribution is 5.49. The fraction of sp³-hybridized carbons (Fsp3) is 0.368. The predicted molar refractivity (Wildman–Crippen MR) is 88.8 cm³/mol. The van der Waals surface area contributed by atoms with Gasteiger partial charge in [0, 0.05) is 19.0 Å².